The molecule has 9 heteroatoms. The third-order valence-electron chi connectivity index (χ3n) is 5.55. The van der Waals surface area contributed by atoms with Gasteiger partial charge in [-0.3, -0.25) is 5.10 Å². The Balaban J connectivity index is 1.69. The number of aromatic amines is 1. The van der Waals surface area contributed by atoms with Gasteiger partial charge in [0.2, 0.25) is 5.82 Å². The van der Waals surface area contributed by atoms with E-state index in [1.165, 1.54) is 0 Å². The Bertz CT molecular complexity index is 1080. The second-order valence-corrected chi connectivity index (χ2v) is 7.52. The number of imidazole rings is 1. The van der Waals surface area contributed by atoms with Gasteiger partial charge in [-0.1, -0.05) is 19.3 Å². The van der Waals surface area contributed by atoms with Crippen molar-refractivity contribution in [3.8, 4) is 11.8 Å². The molecule has 0 saturated heterocycles. The van der Waals surface area contributed by atoms with Crippen molar-refractivity contribution < 1.29 is 10.2 Å². The van der Waals surface area contributed by atoms with Crippen LogP contribution in [0.5, 0.6) is 0 Å². The van der Waals surface area contributed by atoms with Gasteiger partial charge in [-0.2, -0.15) is 5.10 Å². The van der Waals surface area contributed by atoms with E-state index in [4.69, 9.17) is 5.73 Å². The van der Waals surface area contributed by atoms with Crippen LogP contribution in [0.3, 0.4) is 0 Å². The van der Waals surface area contributed by atoms with Gasteiger partial charge in [0.05, 0.1) is 24.7 Å². The van der Waals surface area contributed by atoms with Gasteiger partial charge >= 0.3 is 0 Å². The summed E-state index contributed by atoms with van der Waals surface area (Å²) in [7, 11) is 0. The SMILES string of the molecule is CCCCC#Cc1nc(N)c2ncn([C@@H]3C[C@@H](c4[nH]ncc4C)[C@@H](O)[C@H]3O)c2n1. The zero-order valence-electron chi connectivity index (χ0n) is 16.5. The number of aliphatic hydroxyl groups excluding tert-OH is 2. The van der Waals surface area contributed by atoms with E-state index in [9.17, 15) is 10.2 Å². The number of nitrogens with two attached hydrogens (primary N) is 1. The molecule has 0 aromatic carbocycles. The average Bonchev–Trinajstić information content (AvgIpc) is 3.38. The van der Waals surface area contributed by atoms with Crippen LogP contribution in [0.15, 0.2) is 12.5 Å². The molecule has 0 radical (unpaired) electrons. The number of hydrogen-bond donors (Lipinski definition) is 4. The Morgan fingerprint density at radius 1 is 1.31 bits per heavy atom. The molecule has 0 amide bonds. The Morgan fingerprint density at radius 2 is 2.14 bits per heavy atom. The van der Waals surface area contributed by atoms with Gasteiger partial charge < -0.3 is 20.5 Å². The summed E-state index contributed by atoms with van der Waals surface area (Å²) in [6.45, 7) is 4.04. The first-order valence-electron chi connectivity index (χ1n) is 9.86. The van der Waals surface area contributed by atoms with E-state index in [1.807, 2.05) is 6.92 Å². The first kappa shape index (κ1) is 19.4. The number of aromatic nitrogens is 6. The highest BCUT2D eigenvalue weighted by atomic mass is 16.3. The van der Waals surface area contributed by atoms with Gasteiger partial charge in [-0.15, -0.1) is 0 Å². The highest BCUT2D eigenvalue weighted by Gasteiger charge is 2.44. The fourth-order valence-corrected chi connectivity index (χ4v) is 3.95. The summed E-state index contributed by atoms with van der Waals surface area (Å²) in [6, 6.07) is -0.405. The maximum Gasteiger partial charge on any atom is 0.208 e. The highest BCUT2D eigenvalue weighted by molar-refractivity contribution is 5.82. The van der Waals surface area contributed by atoms with Crippen molar-refractivity contribution >= 4 is 17.0 Å². The summed E-state index contributed by atoms with van der Waals surface area (Å²) in [6.07, 6.45) is 4.78. The van der Waals surface area contributed by atoms with Gasteiger partial charge in [0, 0.05) is 18.0 Å². The Labute approximate surface area is 168 Å². The molecular formula is C20H25N7O2. The Kier molecular flexibility index (Phi) is 5.22. The van der Waals surface area contributed by atoms with E-state index in [0.717, 1.165) is 30.5 Å². The summed E-state index contributed by atoms with van der Waals surface area (Å²) in [5.41, 5.74) is 8.83. The van der Waals surface area contributed by atoms with Crippen LogP contribution >= 0.6 is 0 Å². The van der Waals surface area contributed by atoms with Crippen molar-refractivity contribution in [1.82, 2.24) is 29.7 Å². The zero-order chi connectivity index (χ0) is 20.5. The van der Waals surface area contributed by atoms with Crippen molar-refractivity contribution in [2.75, 3.05) is 5.73 Å². The molecule has 9 nitrogen and oxygen atoms in total. The molecule has 4 rings (SSSR count). The predicted octanol–water partition coefficient (Wildman–Crippen LogP) is 1.43. The molecule has 1 aliphatic carbocycles. The van der Waals surface area contributed by atoms with Crippen LogP contribution in [0, 0.1) is 18.8 Å². The number of rotatable bonds is 4. The minimum Gasteiger partial charge on any atom is -0.390 e. The summed E-state index contributed by atoms with van der Waals surface area (Å²) in [4.78, 5) is 13.1. The lowest BCUT2D eigenvalue weighted by atomic mass is 9.98. The average molecular weight is 395 g/mol. The third-order valence-corrected chi connectivity index (χ3v) is 5.55. The third kappa shape index (κ3) is 3.45. The molecule has 0 unspecified atom stereocenters. The lowest BCUT2D eigenvalue weighted by Crippen LogP contribution is -2.29. The first-order valence-corrected chi connectivity index (χ1v) is 9.86. The molecule has 4 atom stereocenters. The number of aliphatic hydroxyl groups is 2. The van der Waals surface area contributed by atoms with Crippen LogP contribution < -0.4 is 5.73 Å². The van der Waals surface area contributed by atoms with E-state index < -0.39 is 18.2 Å². The zero-order valence-corrected chi connectivity index (χ0v) is 16.5. The highest BCUT2D eigenvalue weighted by Crippen LogP contribution is 2.42. The van der Waals surface area contributed by atoms with Crippen molar-refractivity contribution in [3.63, 3.8) is 0 Å². The number of unbranched alkanes of at least 4 members (excludes halogenated alkanes) is 2. The quantitative estimate of drug-likeness (QED) is 0.387. The number of anilines is 1. The molecule has 5 N–H and O–H groups in total. The minimum absolute atomic E-state index is 0.252. The van der Waals surface area contributed by atoms with Gasteiger partial charge in [-0.25, -0.2) is 15.0 Å². The summed E-state index contributed by atoms with van der Waals surface area (Å²) in [5, 5.41) is 28.4. The number of H-pyrrole nitrogens is 1. The summed E-state index contributed by atoms with van der Waals surface area (Å²) in [5.74, 6) is 6.35. The van der Waals surface area contributed by atoms with E-state index in [2.05, 4.69) is 43.9 Å². The van der Waals surface area contributed by atoms with E-state index >= 15 is 0 Å². The lowest BCUT2D eigenvalue weighted by molar-refractivity contribution is 0.0173. The Morgan fingerprint density at radius 3 is 2.86 bits per heavy atom. The minimum atomic E-state index is -0.977. The summed E-state index contributed by atoms with van der Waals surface area (Å²) >= 11 is 0. The maximum atomic E-state index is 10.8. The van der Waals surface area contributed by atoms with Crippen LogP contribution in [-0.2, 0) is 0 Å². The second-order valence-electron chi connectivity index (χ2n) is 7.52. The monoisotopic (exact) mass is 395 g/mol. The van der Waals surface area contributed by atoms with Gasteiger partial charge in [0.1, 0.15) is 11.6 Å². The number of nitrogen functional groups attached to an aromatic ring is 1. The molecule has 1 aliphatic rings. The fraction of sp³-hybridized carbons (Fsp3) is 0.500. The molecule has 3 aromatic heterocycles. The largest absolute Gasteiger partial charge is 0.390 e. The van der Waals surface area contributed by atoms with Crippen LogP contribution in [0.1, 0.15) is 61.6 Å². The molecular weight excluding hydrogens is 370 g/mol. The number of aryl methyl sites for hydroxylation is 1. The predicted molar refractivity (Wildman–Crippen MR) is 108 cm³/mol. The second kappa shape index (κ2) is 7.81. The van der Waals surface area contributed by atoms with Crippen molar-refractivity contribution in [3.05, 3.63) is 29.6 Å². The van der Waals surface area contributed by atoms with Gasteiger partial charge in [0.25, 0.3) is 0 Å². The Hall–Kier alpha value is -2.96. The number of nitrogens with one attached hydrogen (secondary N) is 1. The molecule has 29 heavy (non-hydrogen) atoms. The molecule has 3 heterocycles. The number of nitrogens with zero attached hydrogens (tertiary/aromatic N) is 5. The standard InChI is InChI=1S/C20H25N7O2/c1-3-4-5-6-7-14-24-19(21)16-20(25-14)27(10-22-16)13-8-12(17(28)18(13)29)15-11(2)9-23-26-15/h9-10,12-13,17-18,28-29H,3-5,8H2,1-2H3,(H,23,26)(H2,21,24,25)/t12-,13+,17+,18-/m0/s1. The van der Waals surface area contributed by atoms with Crippen LogP contribution in [0.4, 0.5) is 5.82 Å². The van der Waals surface area contributed by atoms with Crippen LogP contribution in [0.25, 0.3) is 11.2 Å². The molecule has 3 aromatic rings. The molecule has 0 aliphatic heterocycles. The number of fused-ring (bicyclic) bond motifs is 1. The molecule has 0 bridgehead atoms. The summed E-state index contributed by atoms with van der Waals surface area (Å²) < 4.78 is 1.77. The van der Waals surface area contributed by atoms with E-state index in [-0.39, 0.29) is 11.7 Å². The fourth-order valence-electron chi connectivity index (χ4n) is 3.95. The molecule has 0 spiro atoms. The van der Waals surface area contributed by atoms with Crippen LogP contribution in [-0.4, -0.2) is 52.1 Å². The van der Waals surface area contributed by atoms with Crippen molar-refractivity contribution in [1.29, 1.82) is 0 Å². The van der Waals surface area contributed by atoms with E-state index in [0.29, 0.717) is 23.4 Å². The van der Waals surface area contributed by atoms with Gasteiger partial charge in [0.15, 0.2) is 11.5 Å². The maximum absolute atomic E-state index is 10.8. The molecule has 152 valence electrons. The lowest BCUT2D eigenvalue weighted by Gasteiger charge is -2.18. The smallest absolute Gasteiger partial charge is 0.208 e. The van der Waals surface area contributed by atoms with Crippen molar-refractivity contribution in [2.45, 2.75) is 63.7 Å². The first-order chi connectivity index (χ1) is 14.0. The molecule has 1 saturated carbocycles. The van der Waals surface area contributed by atoms with Crippen LogP contribution in [0.2, 0.25) is 0 Å². The topological polar surface area (TPSA) is 139 Å². The van der Waals surface area contributed by atoms with E-state index in [1.54, 1.807) is 17.1 Å². The van der Waals surface area contributed by atoms with Gasteiger partial charge in [-0.05, 0) is 31.2 Å². The number of hydrogen-bond acceptors (Lipinski definition) is 7. The molecule has 1 fully saturated rings. The van der Waals surface area contributed by atoms with Crippen molar-refractivity contribution in [2.24, 2.45) is 0 Å². The normalized spacial score (nSPS) is 24.0.